The molecule has 3 nitrogen and oxygen atoms in total. The highest BCUT2D eigenvalue weighted by Gasteiger charge is 2.17. The summed E-state index contributed by atoms with van der Waals surface area (Å²) in [7, 11) is 1.97. The van der Waals surface area contributed by atoms with E-state index in [0.29, 0.717) is 5.71 Å². The van der Waals surface area contributed by atoms with Crippen molar-refractivity contribution in [1.29, 1.82) is 0 Å². The van der Waals surface area contributed by atoms with Gasteiger partial charge in [0.15, 0.2) is 0 Å². The van der Waals surface area contributed by atoms with E-state index in [4.69, 9.17) is 4.42 Å². The molecule has 0 bridgehead atoms. The molecule has 0 aliphatic rings. The SMILES string of the molecule is CSc1oc2ncccc2[n+]1C. The van der Waals surface area contributed by atoms with Gasteiger partial charge >= 0.3 is 5.22 Å². The van der Waals surface area contributed by atoms with E-state index in [-0.39, 0.29) is 0 Å². The molecular formula is C8H9N2OS+. The molecule has 0 unspecified atom stereocenters. The van der Waals surface area contributed by atoms with Crippen LogP contribution in [0.25, 0.3) is 11.2 Å². The minimum atomic E-state index is 0.698. The van der Waals surface area contributed by atoms with Crippen molar-refractivity contribution in [3.05, 3.63) is 18.3 Å². The van der Waals surface area contributed by atoms with E-state index < -0.39 is 0 Å². The summed E-state index contributed by atoms with van der Waals surface area (Å²) in [6.45, 7) is 0. The Hall–Kier alpha value is -1.03. The van der Waals surface area contributed by atoms with Crippen molar-refractivity contribution < 1.29 is 8.98 Å². The predicted octanol–water partition coefficient (Wildman–Crippen LogP) is 1.37. The molecule has 2 aromatic rings. The van der Waals surface area contributed by atoms with E-state index in [1.54, 1.807) is 18.0 Å². The van der Waals surface area contributed by atoms with Crippen LogP contribution in [0.5, 0.6) is 0 Å². The number of oxazole rings is 1. The van der Waals surface area contributed by atoms with Gasteiger partial charge in [-0.05, 0) is 24.1 Å². The molecule has 0 aliphatic carbocycles. The minimum Gasteiger partial charge on any atom is -0.373 e. The molecule has 0 saturated carbocycles. The molecule has 2 rings (SSSR count). The van der Waals surface area contributed by atoms with Crippen LogP contribution in [0.15, 0.2) is 28.0 Å². The lowest BCUT2D eigenvalue weighted by atomic mass is 10.4. The number of hydrogen-bond acceptors (Lipinski definition) is 3. The molecule has 0 amide bonds. The lowest BCUT2D eigenvalue weighted by molar-refractivity contribution is -0.692. The number of hydrogen-bond donors (Lipinski definition) is 0. The summed E-state index contributed by atoms with van der Waals surface area (Å²) in [4.78, 5) is 4.11. The van der Waals surface area contributed by atoms with Crippen LogP contribution >= 0.6 is 11.8 Å². The van der Waals surface area contributed by atoms with Crippen LogP contribution in [0.1, 0.15) is 0 Å². The molecule has 12 heavy (non-hydrogen) atoms. The first-order chi connectivity index (χ1) is 5.83. The van der Waals surface area contributed by atoms with E-state index >= 15 is 0 Å². The normalized spacial score (nSPS) is 10.8. The average Bonchev–Trinajstić information content (AvgIpc) is 2.44. The Kier molecular flexibility index (Phi) is 1.77. The van der Waals surface area contributed by atoms with Gasteiger partial charge in [0.2, 0.25) is 0 Å². The average molecular weight is 181 g/mol. The highest BCUT2D eigenvalue weighted by molar-refractivity contribution is 7.98. The highest BCUT2D eigenvalue weighted by Crippen LogP contribution is 2.16. The Morgan fingerprint density at radius 1 is 1.58 bits per heavy atom. The first kappa shape index (κ1) is 7.61. The van der Waals surface area contributed by atoms with Gasteiger partial charge < -0.3 is 4.42 Å². The molecule has 0 atom stereocenters. The quantitative estimate of drug-likeness (QED) is 0.491. The molecular weight excluding hydrogens is 172 g/mol. The highest BCUT2D eigenvalue weighted by atomic mass is 32.2. The van der Waals surface area contributed by atoms with Gasteiger partial charge in [-0.3, -0.25) is 0 Å². The second kappa shape index (κ2) is 2.79. The molecule has 2 aromatic heterocycles. The summed E-state index contributed by atoms with van der Waals surface area (Å²) in [5.41, 5.74) is 1.73. The van der Waals surface area contributed by atoms with Gasteiger partial charge in [0.25, 0.3) is 11.2 Å². The zero-order chi connectivity index (χ0) is 8.55. The van der Waals surface area contributed by atoms with Gasteiger partial charge in [-0.15, -0.1) is 0 Å². The zero-order valence-electron chi connectivity index (χ0n) is 6.94. The van der Waals surface area contributed by atoms with E-state index in [0.717, 1.165) is 10.7 Å². The number of pyridine rings is 1. The summed E-state index contributed by atoms with van der Waals surface area (Å²) >= 11 is 1.58. The summed E-state index contributed by atoms with van der Waals surface area (Å²) < 4.78 is 7.46. The fourth-order valence-corrected chi connectivity index (χ4v) is 1.68. The van der Waals surface area contributed by atoms with E-state index in [1.807, 2.05) is 30.0 Å². The standard InChI is InChI=1S/C8H9N2OS/c1-10-6-4-3-5-9-7(6)11-8(10)12-2/h3-5H,1-2H3/q+1. The maximum atomic E-state index is 5.46. The molecule has 0 fully saturated rings. The summed E-state index contributed by atoms with van der Waals surface area (Å²) in [5.74, 6) is 0. The van der Waals surface area contributed by atoms with Crippen LogP contribution in [0.3, 0.4) is 0 Å². The molecule has 4 heteroatoms. The van der Waals surface area contributed by atoms with Crippen LogP contribution in [0, 0.1) is 0 Å². The summed E-state index contributed by atoms with van der Waals surface area (Å²) in [5, 5.41) is 0.878. The monoisotopic (exact) mass is 181 g/mol. The van der Waals surface area contributed by atoms with Gasteiger partial charge in [0.1, 0.15) is 7.05 Å². The fourth-order valence-electron chi connectivity index (χ4n) is 1.14. The van der Waals surface area contributed by atoms with E-state index in [9.17, 15) is 0 Å². The first-order valence-electron chi connectivity index (χ1n) is 3.60. The minimum absolute atomic E-state index is 0.698. The van der Waals surface area contributed by atoms with Gasteiger partial charge in [0.05, 0.1) is 0 Å². The zero-order valence-corrected chi connectivity index (χ0v) is 7.76. The van der Waals surface area contributed by atoms with Crippen molar-refractivity contribution in [2.24, 2.45) is 7.05 Å². The largest absolute Gasteiger partial charge is 0.413 e. The number of nitrogens with zero attached hydrogens (tertiary/aromatic N) is 2. The second-order valence-corrected chi connectivity index (χ2v) is 3.22. The Balaban J connectivity index is 2.78. The van der Waals surface area contributed by atoms with Gasteiger partial charge in [-0.2, -0.15) is 4.57 Å². The smallest absolute Gasteiger partial charge is 0.373 e. The fraction of sp³-hybridized carbons (Fsp3) is 0.250. The Morgan fingerprint density at radius 3 is 3.08 bits per heavy atom. The molecule has 0 aliphatic heterocycles. The second-order valence-electron chi connectivity index (χ2n) is 2.46. The topological polar surface area (TPSA) is 29.9 Å². The van der Waals surface area contributed by atoms with Crippen molar-refractivity contribution in [3.8, 4) is 0 Å². The maximum absolute atomic E-state index is 5.46. The lowest BCUT2D eigenvalue weighted by Gasteiger charge is -1.81. The molecule has 0 aromatic carbocycles. The molecule has 0 N–H and O–H groups in total. The van der Waals surface area contributed by atoms with Crippen LogP contribution in [-0.4, -0.2) is 11.2 Å². The predicted molar refractivity (Wildman–Crippen MR) is 47.0 cm³/mol. The Morgan fingerprint density at radius 2 is 2.42 bits per heavy atom. The van der Waals surface area contributed by atoms with Crippen LogP contribution in [-0.2, 0) is 7.05 Å². The van der Waals surface area contributed by atoms with Gasteiger partial charge in [0, 0.05) is 12.3 Å². The number of aromatic nitrogens is 2. The third-order valence-electron chi connectivity index (χ3n) is 1.74. The molecule has 0 radical (unpaired) electrons. The number of fused-ring (bicyclic) bond motifs is 1. The number of rotatable bonds is 1. The molecule has 2 heterocycles. The van der Waals surface area contributed by atoms with Crippen LogP contribution < -0.4 is 4.57 Å². The molecule has 0 saturated heterocycles. The van der Waals surface area contributed by atoms with Crippen LogP contribution in [0.2, 0.25) is 0 Å². The van der Waals surface area contributed by atoms with E-state index in [2.05, 4.69) is 4.98 Å². The van der Waals surface area contributed by atoms with Crippen molar-refractivity contribution in [2.45, 2.75) is 5.22 Å². The van der Waals surface area contributed by atoms with Crippen LogP contribution in [0.4, 0.5) is 0 Å². The number of aryl methyl sites for hydroxylation is 1. The molecule has 62 valence electrons. The summed E-state index contributed by atoms with van der Waals surface area (Å²) in [6, 6.07) is 3.90. The third kappa shape index (κ3) is 0.992. The summed E-state index contributed by atoms with van der Waals surface area (Å²) in [6.07, 6.45) is 3.72. The van der Waals surface area contributed by atoms with Crippen molar-refractivity contribution in [3.63, 3.8) is 0 Å². The third-order valence-corrected chi connectivity index (χ3v) is 2.45. The Labute approximate surface area is 74.4 Å². The lowest BCUT2D eigenvalue weighted by Crippen LogP contribution is -2.28. The first-order valence-corrected chi connectivity index (χ1v) is 4.83. The van der Waals surface area contributed by atoms with Gasteiger partial charge in [-0.25, -0.2) is 4.98 Å². The van der Waals surface area contributed by atoms with Gasteiger partial charge in [-0.1, -0.05) is 0 Å². The van der Waals surface area contributed by atoms with E-state index in [1.165, 1.54) is 0 Å². The van der Waals surface area contributed by atoms with Crippen molar-refractivity contribution in [1.82, 2.24) is 4.98 Å². The van der Waals surface area contributed by atoms with Crippen molar-refractivity contribution >= 4 is 23.0 Å². The van der Waals surface area contributed by atoms with Crippen molar-refractivity contribution in [2.75, 3.05) is 6.26 Å². The Bertz CT molecular complexity index is 410. The number of thioether (sulfide) groups is 1. The molecule has 0 spiro atoms. The maximum Gasteiger partial charge on any atom is 0.413 e.